The van der Waals surface area contributed by atoms with Crippen molar-refractivity contribution in [1.82, 2.24) is 0 Å². The lowest BCUT2D eigenvalue weighted by molar-refractivity contribution is -0.161. The molecule has 79 heavy (non-hydrogen) atoms. The minimum absolute atomic E-state index is 0.0531. The number of hydrogen-bond donors (Lipinski definition) is 2. The Labute approximate surface area is 489 Å². The molecule has 0 aromatic carbocycles. The van der Waals surface area contributed by atoms with Crippen molar-refractivity contribution in [3.8, 4) is 0 Å². The Morgan fingerprint density at radius 1 is 0.380 bits per heavy atom. The monoisotopic (exact) mass is 1130 g/mol. The molecule has 0 aromatic rings. The highest BCUT2D eigenvalue weighted by Crippen LogP contribution is 2.43. The lowest BCUT2D eigenvalue weighted by Gasteiger charge is -2.19. The van der Waals surface area contributed by atoms with Gasteiger partial charge in [-0.1, -0.05) is 299 Å². The van der Waals surface area contributed by atoms with E-state index < -0.39 is 26.5 Å². The van der Waals surface area contributed by atoms with Crippen LogP contribution in [0.2, 0.25) is 0 Å². The predicted molar refractivity (Wildman–Crippen MR) is 340 cm³/mol. The molecular weight excluding hydrogens is 1000 g/mol. The van der Waals surface area contributed by atoms with Crippen LogP contribution >= 0.6 is 7.82 Å². The van der Waals surface area contributed by atoms with Crippen molar-refractivity contribution in [3.63, 3.8) is 0 Å². The van der Waals surface area contributed by atoms with E-state index in [4.69, 9.17) is 24.3 Å². The number of carbonyl (C=O) groups is 2. The Kier molecular flexibility index (Phi) is 63.0. The van der Waals surface area contributed by atoms with E-state index in [1.54, 1.807) is 0 Å². The summed E-state index contributed by atoms with van der Waals surface area (Å²) in [7, 11) is -4.39. The van der Waals surface area contributed by atoms with Gasteiger partial charge in [0.15, 0.2) is 6.10 Å². The molecular formula is C69H128NO8P. The van der Waals surface area contributed by atoms with Crippen molar-refractivity contribution in [3.05, 3.63) is 60.8 Å². The first-order valence-electron chi connectivity index (χ1n) is 33.8. The van der Waals surface area contributed by atoms with Gasteiger partial charge in [-0.3, -0.25) is 18.6 Å². The number of carbonyl (C=O) groups excluding carboxylic acids is 2. The van der Waals surface area contributed by atoms with Crippen LogP contribution in [0.3, 0.4) is 0 Å². The Hall–Kier alpha value is -2.29. The van der Waals surface area contributed by atoms with Crippen molar-refractivity contribution in [1.29, 1.82) is 0 Å². The second-order valence-corrected chi connectivity index (χ2v) is 24.1. The van der Waals surface area contributed by atoms with E-state index in [0.29, 0.717) is 6.42 Å². The second kappa shape index (κ2) is 64.9. The molecule has 0 saturated carbocycles. The summed E-state index contributed by atoms with van der Waals surface area (Å²) in [6.07, 6.45) is 83.1. The van der Waals surface area contributed by atoms with Gasteiger partial charge in [0, 0.05) is 19.4 Å². The average Bonchev–Trinajstić information content (AvgIpc) is 3.44. The van der Waals surface area contributed by atoms with Gasteiger partial charge in [-0.2, -0.15) is 0 Å². The van der Waals surface area contributed by atoms with Crippen LogP contribution in [0.15, 0.2) is 60.8 Å². The van der Waals surface area contributed by atoms with E-state index in [0.717, 1.165) is 51.4 Å². The molecule has 0 aliphatic heterocycles. The maximum absolute atomic E-state index is 12.7. The van der Waals surface area contributed by atoms with Crippen molar-refractivity contribution < 1.29 is 37.6 Å². The smallest absolute Gasteiger partial charge is 0.462 e. The van der Waals surface area contributed by atoms with Crippen molar-refractivity contribution in [2.45, 2.75) is 341 Å². The van der Waals surface area contributed by atoms with E-state index in [1.165, 1.54) is 250 Å². The topological polar surface area (TPSA) is 134 Å². The summed E-state index contributed by atoms with van der Waals surface area (Å²) in [6.45, 7) is 3.76. The van der Waals surface area contributed by atoms with Gasteiger partial charge in [0.05, 0.1) is 13.2 Å². The van der Waals surface area contributed by atoms with Crippen LogP contribution in [0.1, 0.15) is 335 Å². The third-order valence-corrected chi connectivity index (χ3v) is 15.9. The van der Waals surface area contributed by atoms with E-state index in [2.05, 4.69) is 74.6 Å². The number of allylic oxidation sites excluding steroid dienone is 10. The molecule has 0 rings (SSSR count). The van der Waals surface area contributed by atoms with E-state index >= 15 is 0 Å². The van der Waals surface area contributed by atoms with Crippen molar-refractivity contribution >= 4 is 19.8 Å². The van der Waals surface area contributed by atoms with Gasteiger partial charge in [-0.05, 0) is 83.5 Å². The van der Waals surface area contributed by atoms with Crippen LogP contribution in [0, 0.1) is 0 Å². The third kappa shape index (κ3) is 64.7. The predicted octanol–water partition coefficient (Wildman–Crippen LogP) is 21.9. The summed E-state index contributed by atoms with van der Waals surface area (Å²) in [5.74, 6) is -0.818. The number of ether oxygens (including phenoxy) is 2. The van der Waals surface area contributed by atoms with Gasteiger partial charge in [0.1, 0.15) is 6.61 Å². The number of nitrogens with two attached hydrogens (primary N) is 1. The first kappa shape index (κ1) is 76.7. The van der Waals surface area contributed by atoms with Gasteiger partial charge in [-0.15, -0.1) is 0 Å². The first-order chi connectivity index (χ1) is 38.8. The molecule has 0 aliphatic carbocycles. The molecule has 0 spiro atoms. The summed E-state index contributed by atoms with van der Waals surface area (Å²) in [5, 5.41) is 0. The lowest BCUT2D eigenvalue weighted by atomic mass is 10.0. The molecule has 0 radical (unpaired) electrons. The zero-order valence-electron chi connectivity index (χ0n) is 51.9. The molecule has 9 nitrogen and oxygen atoms in total. The fraction of sp³-hybridized carbons (Fsp3) is 0.826. The molecule has 2 unspecified atom stereocenters. The van der Waals surface area contributed by atoms with Gasteiger partial charge >= 0.3 is 19.8 Å². The standard InChI is InChI=1S/C69H128NO8P/c1-3-5-7-9-11-13-15-17-19-21-23-25-26-27-28-29-30-31-32-33-34-35-36-37-38-39-40-42-44-46-48-50-52-54-56-58-60-62-69(72)78-67(66-77-79(73,74)76-64-63-70)65-75-68(71)61-59-57-55-53-51-49-47-45-43-41-24-22-20-18-16-14-12-10-8-6-4-2/h15-18,21-24,26-27,67H,3-14,19-20,25,28-66,70H2,1-2H3,(H,73,74)/b17-15-,18-16-,23-21-,24-22-,27-26-. The van der Waals surface area contributed by atoms with Gasteiger partial charge in [-0.25, -0.2) is 4.57 Å². The summed E-state index contributed by atoms with van der Waals surface area (Å²) >= 11 is 0. The quantitative estimate of drug-likeness (QED) is 0.0264. The summed E-state index contributed by atoms with van der Waals surface area (Å²) in [6, 6.07) is 0. The fourth-order valence-electron chi connectivity index (χ4n) is 9.85. The highest BCUT2D eigenvalue weighted by Gasteiger charge is 2.26. The van der Waals surface area contributed by atoms with Crippen LogP contribution in [-0.4, -0.2) is 49.3 Å². The molecule has 0 amide bonds. The highest BCUT2D eigenvalue weighted by atomic mass is 31.2. The van der Waals surface area contributed by atoms with Crippen LogP contribution < -0.4 is 5.73 Å². The summed E-state index contributed by atoms with van der Waals surface area (Å²) < 4.78 is 33.1. The van der Waals surface area contributed by atoms with E-state index in [1.807, 2.05) is 0 Å². The van der Waals surface area contributed by atoms with E-state index in [9.17, 15) is 19.0 Å². The number of hydrogen-bond acceptors (Lipinski definition) is 8. The highest BCUT2D eigenvalue weighted by molar-refractivity contribution is 7.47. The number of rotatable bonds is 64. The minimum atomic E-state index is -4.39. The fourth-order valence-corrected chi connectivity index (χ4v) is 10.6. The Morgan fingerprint density at radius 3 is 0.975 bits per heavy atom. The second-order valence-electron chi connectivity index (χ2n) is 22.7. The first-order valence-corrected chi connectivity index (χ1v) is 35.3. The molecule has 462 valence electrons. The maximum Gasteiger partial charge on any atom is 0.472 e. The Morgan fingerprint density at radius 2 is 0.658 bits per heavy atom. The van der Waals surface area contributed by atoms with Gasteiger partial charge in [0.2, 0.25) is 0 Å². The largest absolute Gasteiger partial charge is 0.472 e. The number of phosphoric ester groups is 1. The lowest BCUT2D eigenvalue weighted by Crippen LogP contribution is -2.29. The molecule has 0 fully saturated rings. The molecule has 2 atom stereocenters. The van der Waals surface area contributed by atoms with Crippen LogP contribution in [0.4, 0.5) is 0 Å². The number of phosphoric acid groups is 1. The molecule has 0 aliphatic rings. The summed E-state index contributed by atoms with van der Waals surface area (Å²) in [4.78, 5) is 35.3. The molecule has 3 N–H and O–H groups in total. The minimum Gasteiger partial charge on any atom is -0.462 e. The van der Waals surface area contributed by atoms with Crippen LogP contribution in [-0.2, 0) is 32.7 Å². The third-order valence-electron chi connectivity index (χ3n) is 14.9. The zero-order chi connectivity index (χ0) is 57.3. The van der Waals surface area contributed by atoms with Crippen molar-refractivity contribution in [2.24, 2.45) is 5.73 Å². The Balaban J connectivity index is 3.83. The zero-order valence-corrected chi connectivity index (χ0v) is 52.8. The maximum atomic E-state index is 12.7. The van der Waals surface area contributed by atoms with Crippen molar-refractivity contribution in [2.75, 3.05) is 26.4 Å². The van der Waals surface area contributed by atoms with Crippen LogP contribution in [0.5, 0.6) is 0 Å². The number of esters is 2. The molecule has 0 heterocycles. The summed E-state index contributed by atoms with van der Waals surface area (Å²) in [5.41, 5.74) is 5.39. The van der Waals surface area contributed by atoms with Crippen LogP contribution in [0.25, 0.3) is 0 Å². The normalized spacial score (nSPS) is 13.3. The molecule has 0 aromatic heterocycles. The average molecular weight is 1130 g/mol. The SMILES string of the molecule is CCCCCCC/C=C\C/C=C\C/C=C\CCCCCCCCCCCCCCCCCCCCCCCCC(=O)OC(COC(=O)CCCCCCCCCCC/C=C\C/C=C\CCCCCCC)COP(=O)(O)OCCN. The molecule has 0 saturated heterocycles. The van der Waals surface area contributed by atoms with Gasteiger partial charge in [0.25, 0.3) is 0 Å². The number of unbranched alkanes of at least 4 members (excludes halogenated alkanes) is 41. The Bertz CT molecular complexity index is 1480. The molecule has 0 bridgehead atoms. The van der Waals surface area contributed by atoms with E-state index in [-0.39, 0.29) is 38.6 Å². The van der Waals surface area contributed by atoms with Gasteiger partial charge < -0.3 is 20.1 Å². The molecule has 10 heteroatoms.